The number of aromatic nitrogens is 4. The fourth-order valence-corrected chi connectivity index (χ4v) is 2.49. The van der Waals surface area contributed by atoms with Crippen LogP contribution in [-0.4, -0.2) is 50.6 Å². The molecule has 1 amide bonds. The first-order chi connectivity index (χ1) is 10.3. The quantitative estimate of drug-likeness (QED) is 0.864. The molecule has 0 radical (unpaired) electrons. The average molecular weight is 286 g/mol. The molecule has 2 aromatic rings. The molecule has 0 saturated carbocycles. The van der Waals surface area contributed by atoms with Crippen LogP contribution in [0.1, 0.15) is 6.42 Å². The predicted octanol–water partition coefficient (Wildman–Crippen LogP) is 0.147. The maximum absolute atomic E-state index is 12.2. The summed E-state index contributed by atoms with van der Waals surface area (Å²) in [6.07, 6.45) is 0.974. The lowest BCUT2D eigenvalue weighted by atomic mass is 10.1. The molecule has 0 bridgehead atoms. The van der Waals surface area contributed by atoms with E-state index in [0.29, 0.717) is 18.3 Å². The van der Waals surface area contributed by atoms with Crippen LogP contribution in [0.5, 0.6) is 0 Å². The van der Waals surface area contributed by atoms with E-state index in [2.05, 4.69) is 15.4 Å². The number of rotatable bonds is 4. The molecule has 1 aliphatic heterocycles. The normalized spacial score (nSPS) is 18.1. The Bertz CT molecular complexity index is 611. The monoisotopic (exact) mass is 286 g/mol. The van der Waals surface area contributed by atoms with Crippen molar-refractivity contribution in [1.29, 1.82) is 0 Å². The number of benzene rings is 1. The van der Waals surface area contributed by atoms with Crippen molar-refractivity contribution >= 4 is 5.91 Å². The number of nitrogens with zero attached hydrogens (tertiary/aromatic N) is 5. The lowest BCUT2D eigenvalue weighted by Gasteiger charge is -2.15. The summed E-state index contributed by atoms with van der Waals surface area (Å²) < 4.78 is 0. The highest BCUT2D eigenvalue weighted by molar-refractivity contribution is 5.76. The highest BCUT2D eigenvalue weighted by atomic mass is 16.2. The van der Waals surface area contributed by atoms with Crippen LogP contribution >= 0.6 is 0 Å². The number of hydrogen-bond acceptors (Lipinski definition) is 5. The Morgan fingerprint density at radius 1 is 1.33 bits per heavy atom. The minimum Gasteiger partial charge on any atom is -0.341 e. The number of carbonyl (C=O) groups is 1. The van der Waals surface area contributed by atoms with E-state index >= 15 is 0 Å². The Balaban J connectivity index is 1.64. The van der Waals surface area contributed by atoms with E-state index in [-0.39, 0.29) is 12.5 Å². The Hall–Kier alpha value is -2.28. The molecule has 0 spiro atoms. The Labute approximate surface area is 122 Å². The summed E-state index contributed by atoms with van der Waals surface area (Å²) in [4.78, 5) is 15.3. The van der Waals surface area contributed by atoms with Gasteiger partial charge in [-0.1, -0.05) is 30.3 Å². The van der Waals surface area contributed by atoms with Crippen LogP contribution in [0.15, 0.2) is 30.3 Å². The van der Waals surface area contributed by atoms with Gasteiger partial charge in [0.15, 0.2) is 0 Å². The van der Waals surface area contributed by atoms with Gasteiger partial charge in [-0.3, -0.25) is 4.79 Å². The summed E-state index contributed by atoms with van der Waals surface area (Å²) in [6, 6.07) is 9.58. The summed E-state index contributed by atoms with van der Waals surface area (Å²) >= 11 is 0. The van der Waals surface area contributed by atoms with Crippen molar-refractivity contribution in [1.82, 2.24) is 25.1 Å². The molecular weight excluding hydrogens is 268 g/mol. The van der Waals surface area contributed by atoms with E-state index in [1.807, 2.05) is 35.2 Å². The smallest absolute Gasteiger partial charge is 0.246 e. The van der Waals surface area contributed by atoms with E-state index in [4.69, 9.17) is 5.73 Å². The first kappa shape index (κ1) is 13.7. The number of likely N-dealkylation sites (tertiary alicyclic amines) is 1. The zero-order valence-electron chi connectivity index (χ0n) is 11.7. The van der Waals surface area contributed by atoms with Crippen molar-refractivity contribution in [3.05, 3.63) is 30.3 Å². The minimum atomic E-state index is 0.0166. The molecule has 1 aliphatic rings. The van der Waals surface area contributed by atoms with Gasteiger partial charge in [-0.15, -0.1) is 10.2 Å². The molecule has 21 heavy (non-hydrogen) atoms. The number of carbonyl (C=O) groups excluding carboxylic acids is 1. The molecule has 0 aliphatic carbocycles. The molecule has 1 aromatic heterocycles. The van der Waals surface area contributed by atoms with E-state index in [1.165, 1.54) is 4.80 Å². The van der Waals surface area contributed by atoms with Crippen molar-refractivity contribution in [3.8, 4) is 11.4 Å². The predicted molar refractivity (Wildman–Crippen MR) is 77.0 cm³/mol. The van der Waals surface area contributed by atoms with E-state index < -0.39 is 0 Å². The average Bonchev–Trinajstić information content (AvgIpc) is 3.17. The highest BCUT2D eigenvalue weighted by Crippen LogP contribution is 2.15. The first-order valence-corrected chi connectivity index (χ1v) is 7.07. The number of hydrogen-bond donors (Lipinski definition) is 1. The molecule has 1 fully saturated rings. The molecule has 2 heterocycles. The van der Waals surface area contributed by atoms with Gasteiger partial charge in [0.2, 0.25) is 11.7 Å². The van der Waals surface area contributed by atoms with Crippen LogP contribution in [0, 0.1) is 5.92 Å². The lowest BCUT2D eigenvalue weighted by Crippen LogP contribution is -2.33. The van der Waals surface area contributed by atoms with Crippen molar-refractivity contribution in [2.45, 2.75) is 13.0 Å². The van der Waals surface area contributed by atoms with Crippen LogP contribution in [0.3, 0.4) is 0 Å². The molecule has 1 unspecified atom stereocenters. The van der Waals surface area contributed by atoms with Gasteiger partial charge in [0.1, 0.15) is 6.54 Å². The van der Waals surface area contributed by atoms with E-state index in [0.717, 1.165) is 25.1 Å². The van der Waals surface area contributed by atoms with Gasteiger partial charge in [-0.25, -0.2) is 0 Å². The lowest BCUT2D eigenvalue weighted by molar-refractivity contribution is -0.131. The van der Waals surface area contributed by atoms with Crippen LogP contribution in [-0.2, 0) is 11.3 Å². The number of amides is 1. The van der Waals surface area contributed by atoms with Crippen LogP contribution in [0.4, 0.5) is 0 Å². The molecule has 2 N–H and O–H groups in total. The second kappa shape index (κ2) is 6.01. The third-order valence-electron chi connectivity index (χ3n) is 3.73. The van der Waals surface area contributed by atoms with Crippen molar-refractivity contribution in [2.75, 3.05) is 19.6 Å². The Kier molecular flexibility index (Phi) is 3.92. The Morgan fingerprint density at radius 2 is 2.14 bits per heavy atom. The van der Waals surface area contributed by atoms with Gasteiger partial charge in [0.25, 0.3) is 0 Å². The summed E-state index contributed by atoms with van der Waals surface area (Å²) in [5.41, 5.74) is 6.53. The van der Waals surface area contributed by atoms with Gasteiger partial charge in [0.05, 0.1) is 0 Å². The molecule has 3 rings (SSSR count). The van der Waals surface area contributed by atoms with Gasteiger partial charge in [-0.05, 0) is 24.1 Å². The third-order valence-corrected chi connectivity index (χ3v) is 3.73. The van der Waals surface area contributed by atoms with Crippen LogP contribution < -0.4 is 5.73 Å². The number of tetrazole rings is 1. The minimum absolute atomic E-state index is 0.0166. The van der Waals surface area contributed by atoms with Crippen molar-refractivity contribution in [2.24, 2.45) is 11.7 Å². The number of nitrogens with two attached hydrogens (primary N) is 1. The van der Waals surface area contributed by atoms with Gasteiger partial charge in [-0.2, -0.15) is 4.80 Å². The van der Waals surface area contributed by atoms with Crippen LogP contribution in [0.2, 0.25) is 0 Å². The van der Waals surface area contributed by atoms with Crippen LogP contribution in [0.25, 0.3) is 11.4 Å². The first-order valence-electron chi connectivity index (χ1n) is 7.07. The summed E-state index contributed by atoms with van der Waals surface area (Å²) in [5.74, 6) is 0.963. The highest BCUT2D eigenvalue weighted by Gasteiger charge is 2.25. The largest absolute Gasteiger partial charge is 0.341 e. The van der Waals surface area contributed by atoms with Gasteiger partial charge in [0, 0.05) is 18.7 Å². The van der Waals surface area contributed by atoms with Gasteiger partial charge >= 0.3 is 0 Å². The zero-order chi connectivity index (χ0) is 14.7. The maximum atomic E-state index is 12.2. The topological polar surface area (TPSA) is 89.9 Å². The summed E-state index contributed by atoms with van der Waals surface area (Å²) in [6.45, 7) is 2.25. The fraction of sp³-hybridized carbons (Fsp3) is 0.429. The second-order valence-corrected chi connectivity index (χ2v) is 5.24. The molecule has 7 nitrogen and oxygen atoms in total. The van der Waals surface area contributed by atoms with E-state index in [1.54, 1.807) is 0 Å². The molecule has 1 aromatic carbocycles. The molecule has 1 saturated heterocycles. The maximum Gasteiger partial charge on any atom is 0.246 e. The Morgan fingerprint density at radius 3 is 2.86 bits per heavy atom. The summed E-state index contributed by atoms with van der Waals surface area (Å²) in [7, 11) is 0. The SMILES string of the molecule is NCC1CCN(C(=O)Cn2nnc(-c3ccccc3)n2)C1. The molecular formula is C14H18N6O. The zero-order valence-corrected chi connectivity index (χ0v) is 11.7. The van der Waals surface area contributed by atoms with Crippen molar-refractivity contribution < 1.29 is 4.79 Å². The fourth-order valence-electron chi connectivity index (χ4n) is 2.49. The third kappa shape index (κ3) is 3.08. The molecule has 7 heteroatoms. The molecule has 1 atom stereocenters. The standard InChI is InChI=1S/C14H18N6O/c15-8-11-6-7-19(9-11)13(21)10-20-17-14(16-18-20)12-4-2-1-3-5-12/h1-5,11H,6-10,15H2. The van der Waals surface area contributed by atoms with E-state index in [9.17, 15) is 4.79 Å². The van der Waals surface area contributed by atoms with Gasteiger partial charge < -0.3 is 10.6 Å². The second-order valence-electron chi connectivity index (χ2n) is 5.24. The summed E-state index contributed by atoms with van der Waals surface area (Å²) in [5, 5.41) is 12.2. The van der Waals surface area contributed by atoms with Crippen molar-refractivity contribution in [3.63, 3.8) is 0 Å². The molecule has 110 valence electrons.